The topological polar surface area (TPSA) is 78.1 Å². The highest BCUT2D eigenvalue weighted by Gasteiger charge is 2.19. The molecule has 31 heavy (non-hydrogen) atoms. The first-order valence-corrected chi connectivity index (χ1v) is 10.9. The van der Waals surface area contributed by atoms with Gasteiger partial charge in [0.1, 0.15) is 5.69 Å². The molecule has 0 radical (unpaired) electrons. The monoisotopic (exact) mass is 414 g/mol. The van der Waals surface area contributed by atoms with E-state index in [0.717, 1.165) is 62.0 Å². The van der Waals surface area contributed by atoms with Crippen LogP contribution in [0.5, 0.6) is 0 Å². The minimum absolute atomic E-state index is 0.0822. The van der Waals surface area contributed by atoms with E-state index in [1.165, 1.54) is 22.1 Å². The second kappa shape index (κ2) is 8.12. The van der Waals surface area contributed by atoms with Gasteiger partial charge in [0.2, 0.25) is 0 Å². The number of pyridine rings is 2. The van der Waals surface area contributed by atoms with Crippen LogP contribution in [-0.4, -0.2) is 40.9 Å². The Hall–Kier alpha value is -3.25. The van der Waals surface area contributed by atoms with E-state index < -0.39 is 0 Å². The number of fused-ring (bicyclic) bond motifs is 3. The molecule has 6 nitrogen and oxygen atoms in total. The Morgan fingerprint density at radius 1 is 1.16 bits per heavy atom. The van der Waals surface area contributed by atoms with Gasteiger partial charge in [-0.3, -0.25) is 19.5 Å². The number of rotatable bonds is 4. The predicted molar refractivity (Wildman–Crippen MR) is 122 cm³/mol. The molecule has 0 spiro atoms. The summed E-state index contributed by atoms with van der Waals surface area (Å²) in [5.74, 6) is -0.169. The number of benzene rings is 1. The molecule has 2 N–H and O–H groups in total. The average Bonchev–Trinajstić information content (AvgIpc) is 3.30. The summed E-state index contributed by atoms with van der Waals surface area (Å²) < 4.78 is 0. The lowest BCUT2D eigenvalue weighted by Gasteiger charge is -2.26. The Labute approximate surface area is 181 Å². The van der Waals surface area contributed by atoms with Gasteiger partial charge in [0.25, 0.3) is 11.5 Å². The highest BCUT2D eigenvalue weighted by molar-refractivity contribution is 5.92. The first-order valence-electron chi connectivity index (χ1n) is 10.9. The number of aromatic nitrogens is 2. The van der Waals surface area contributed by atoms with Crippen molar-refractivity contribution in [3.63, 3.8) is 0 Å². The lowest BCUT2D eigenvalue weighted by molar-refractivity contribution is 0.0958. The molecule has 6 heteroatoms. The molecule has 0 atom stereocenters. The Morgan fingerprint density at radius 3 is 2.77 bits per heavy atom. The van der Waals surface area contributed by atoms with Gasteiger partial charge in [-0.05, 0) is 60.1 Å². The van der Waals surface area contributed by atoms with Crippen molar-refractivity contribution in [3.8, 4) is 0 Å². The molecule has 2 aromatic heterocycles. The minimum atomic E-state index is -0.169. The fraction of sp³-hybridized carbons (Fsp3) is 0.320. The number of H-pyrrole nitrogens is 1. The number of aryl methyl sites for hydroxylation is 1. The van der Waals surface area contributed by atoms with E-state index in [-0.39, 0.29) is 11.5 Å². The second-order valence-electron chi connectivity index (χ2n) is 8.37. The first kappa shape index (κ1) is 19.7. The van der Waals surface area contributed by atoms with Gasteiger partial charge >= 0.3 is 0 Å². The van der Waals surface area contributed by atoms with Crippen LogP contribution in [0.2, 0.25) is 0 Å². The zero-order valence-corrected chi connectivity index (χ0v) is 17.7. The molecule has 3 heterocycles. The lowest BCUT2D eigenvalue weighted by atomic mass is 10.00. The number of amides is 1. The molecule has 2 aliphatic rings. The number of carbonyl (C=O) groups is 1. The molecule has 0 saturated carbocycles. The zero-order valence-electron chi connectivity index (χ0n) is 17.7. The van der Waals surface area contributed by atoms with Crippen molar-refractivity contribution in [1.82, 2.24) is 20.2 Å². The Morgan fingerprint density at radius 2 is 2.03 bits per heavy atom. The Kier molecular flexibility index (Phi) is 5.16. The van der Waals surface area contributed by atoms with Crippen LogP contribution in [0.1, 0.15) is 45.6 Å². The third-order valence-corrected chi connectivity index (χ3v) is 6.44. The average molecular weight is 415 g/mol. The molecule has 5 rings (SSSR count). The van der Waals surface area contributed by atoms with Crippen LogP contribution in [0, 0.1) is 0 Å². The van der Waals surface area contributed by atoms with Crippen molar-refractivity contribution in [2.24, 2.45) is 0 Å². The molecule has 0 fully saturated rings. The van der Waals surface area contributed by atoms with Gasteiger partial charge in [0.05, 0.1) is 0 Å². The van der Waals surface area contributed by atoms with Gasteiger partial charge < -0.3 is 10.3 Å². The van der Waals surface area contributed by atoms with Gasteiger partial charge in [-0.15, -0.1) is 0 Å². The van der Waals surface area contributed by atoms with Crippen molar-refractivity contribution in [2.75, 3.05) is 20.1 Å². The fourth-order valence-corrected chi connectivity index (χ4v) is 4.77. The van der Waals surface area contributed by atoms with E-state index in [1.54, 1.807) is 19.3 Å². The van der Waals surface area contributed by atoms with Gasteiger partial charge in [0.15, 0.2) is 0 Å². The van der Waals surface area contributed by atoms with Crippen LogP contribution < -0.4 is 10.9 Å². The van der Waals surface area contributed by atoms with Crippen LogP contribution in [0.25, 0.3) is 16.5 Å². The van der Waals surface area contributed by atoms with E-state index in [1.807, 2.05) is 6.07 Å². The van der Waals surface area contributed by atoms with Gasteiger partial charge in [-0.25, -0.2) is 0 Å². The predicted octanol–water partition coefficient (Wildman–Crippen LogP) is 3.06. The van der Waals surface area contributed by atoms with Crippen LogP contribution in [0.15, 0.2) is 47.4 Å². The third-order valence-electron chi connectivity index (χ3n) is 6.44. The van der Waals surface area contributed by atoms with Crippen LogP contribution in [0.3, 0.4) is 0 Å². The SMILES string of the molecule is CNC(=O)c1ccc(C2=CCN(Cc3ccc4c5c(c(=O)[nH]c4c3)CCC5)CC2)cn1. The van der Waals surface area contributed by atoms with E-state index >= 15 is 0 Å². The quantitative estimate of drug-likeness (QED) is 0.688. The maximum atomic E-state index is 12.4. The number of aromatic amines is 1. The highest BCUT2D eigenvalue weighted by atomic mass is 16.1. The van der Waals surface area contributed by atoms with Crippen molar-refractivity contribution >= 4 is 22.4 Å². The maximum absolute atomic E-state index is 12.4. The fourth-order valence-electron chi connectivity index (χ4n) is 4.77. The molecule has 0 bridgehead atoms. The standard InChI is InChI=1S/C25H26N4O2/c1-26-25(31)22-8-6-18(14-27-22)17-9-11-29(12-10-17)15-16-5-7-20-19-3-2-4-21(19)24(30)28-23(20)13-16/h5-9,13-14H,2-4,10-12,15H2,1H3,(H,26,31)(H,28,30). The summed E-state index contributed by atoms with van der Waals surface area (Å²) in [7, 11) is 1.61. The minimum Gasteiger partial charge on any atom is -0.354 e. The highest BCUT2D eigenvalue weighted by Crippen LogP contribution is 2.28. The summed E-state index contributed by atoms with van der Waals surface area (Å²) in [6.07, 6.45) is 7.95. The molecule has 1 amide bonds. The molecule has 1 aliphatic heterocycles. The summed E-state index contributed by atoms with van der Waals surface area (Å²) in [6.45, 7) is 2.68. The number of nitrogens with zero attached hydrogens (tertiary/aromatic N) is 2. The first-order chi connectivity index (χ1) is 15.1. The molecular weight excluding hydrogens is 388 g/mol. The summed E-state index contributed by atoms with van der Waals surface area (Å²) in [6, 6.07) is 10.2. The Balaban J connectivity index is 1.29. The van der Waals surface area contributed by atoms with Crippen LogP contribution >= 0.6 is 0 Å². The van der Waals surface area contributed by atoms with Gasteiger partial charge in [-0.2, -0.15) is 0 Å². The molecular formula is C25H26N4O2. The van der Waals surface area contributed by atoms with Gasteiger partial charge in [-0.1, -0.05) is 24.3 Å². The third kappa shape index (κ3) is 3.79. The maximum Gasteiger partial charge on any atom is 0.269 e. The second-order valence-corrected chi connectivity index (χ2v) is 8.37. The lowest BCUT2D eigenvalue weighted by Crippen LogP contribution is -2.28. The summed E-state index contributed by atoms with van der Waals surface area (Å²) in [5.41, 5.74) is 7.25. The Bertz CT molecular complexity index is 1240. The molecule has 1 aromatic carbocycles. The molecule has 0 unspecified atom stereocenters. The number of hydrogen-bond donors (Lipinski definition) is 2. The number of hydrogen-bond acceptors (Lipinski definition) is 4. The van der Waals surface area contributed by atoms with Crippen molar-refractivity contribution in [2.45, 2.75) is 32.2 Å². The van der Waals surface area contributed by atoms with Crippen LogP contribution in [-0.2, 0) is 19.4 Å². The van der Waals surface area contributed by atoms with E-state index in [2.05, 4.69) is 44.5 Å². The van der Waals surface area contributed by atoms with E-state index in [4.69, 9.17) is 0 Å². The smallest absolute Gasteiger partial charge is 0.269 e. The molecule has 158 valence electrons. The van der Waals surface area contributed by atoms with E-state index in [9.17, 15) is 9.59 Å². The van der Waals surface area contributed by atoms with Crippen molar-refractivity contribution in [3.05, 3.63) is 80.9 Å². The molecule has 1 aliphatic carbocycles. The van der Waals surface area contributed by atoms with Crippen LogP contribution in [0.4, 0.5) is 0 Å². The molecule has 0 saturated heterocycles. The normalized spacial score (nSPS) is 16.2. The summed E-state index contributed by atoms with van der Waals surface area (Å²) in [4.78, 5) is 33.8. The van der Waals surface area contributed by atoms with Crippen molar-refractivity contribution in [1.29, 1.82) is 0 Å². The number of carbonyl (C=O) groups excluding carboxylic acids is 1. The summed E-state index contributed by atoms with van der Waals surface area (Å²) in [5, 5.41) is 3.79. The largest absolute Gasteiger partial charge is 0.354 e. The zero-order chi connectivity index (χ0) is 21.4. The van der Waals surface area contributed by atoms with Gasteiger partial charge in [0, 0.05) is 49.3 Å². The number of nitrogens with one attached hydrogen (secondary N) is 2. The van der Waals surface area contributed by atoms with Crippen molar-refractivity contribution < 1.29 is 4.79 Å². The summed E-state index contributed by atoms with van der Waals surface area (Å²) >= 11 is 0. The molecule has 3 aromatic rings. The van der Waals surface area contributed by atoms with E-state index in [0.29, 0.717) is 5.69 Å².